The Bertz CT molecular complexity index is 843. The number of urea groups is 1. The minimum Gasteiger partial charge on any atom is -0.361 e. The molecular weight excluding hydrogens is 302 g/mol. The maximum atomic E-state index is 12.0. The smallest absolute Gasteiger partial charge is 0.318 e. The molecule has 2 amide bonds. The summed E-state index contributed by atoms with van der Waals surface area (Å²) in [6.45, 7) is 0.532. The lowest BCUT2D eigenvalue weighted by Crippen LogP contribution is -2.38. The van der Waals surface area contributed by atoms with Gasteiger partial charge in [0.2, 0.25) is 0 Å². The Labute approximate surface area is 128 Å². The normalized spacial score (nSPS) is 26.4. The molecular formula is C15H17N3O3S. The molecule has 116 valence electrons. The van der Waals surface area contributed by atoms with Crippen molar-refractivity contribution in [3.8, 4) is 0 Å². The maximum absolute atomic E-state index is 12.0. The predicted octanol–water partition coefficient (Wildman–Crippen LogP) is 0.901. The Morgan fingerprint density at radius 3 is 2.91 bits per heavy atom. The number of hydrogen-bond donors (Lipinski definition) is 2. The third kappa shape index (κ3) is 2.16. The summed E-state index contributed by atoms with van der Waals surface area (Å²) in [6.07, 6.45) is 2.67. The second-order valence-electron chi connectivity index (χ2n) is 6.00. The van der Waals surface area contributed by atoms with Gasteiger partial charge in [-0.2, -0.15) is 0 Å². The number of carbonyl (C=O) groups is 1. The van der Waals surface area contributed by atoms with Crippen molar-refractivity contribution in [1.82, 2.24) is 15.2 Å². The highest BCUT2D eigenvalue weighted by molar-refractivity contribution is 7.91. The first-order valence-electron chi connectivity index (χ1n) is 7.36. The average molecular weight is 319 g/mol. The van der Waals surface area contributed by atoms with Gasteiger partial charge in [0, 0.05) is 23.6 Å². The summed E-state index contributed by atoms with van der Waals surface area (Å²) in [4.78, 5) is 16.9. The summed E-state index contributed by atoms with van der Waals surface area (Å²) in [7, 11) is -3.03. The summed E-state index contributed by atoms with van der Waals surface area (Å²) in [5, 5.41) is 3.94. The molecule has 2 atom stereocenters. The molecule has 0 spiro atoms. The first kappa shape index (κ1) is 13.6. The van der Waals surface area contributed by atoms with Crippen LogP contribution in [-0.2, 0) is 16.3 Å². The Morgan fingerprint density at radius 2 is 2.05 bits per heavy atom. The lowest BCUT2D eigenvalue weighted by Gasteiger charge is -2.20. The van der Waals surface area contributed by atoms with Crippen LogP contribution in [0, 0.1) is 0 Å². The van der Waals surface area contributed by atoms with Gasteiger partial charge in [0.25, 0.3) is 0 Å². The zero-order chi connectivity index (χ0) is 15.3. The fourth-order valence-corrected chi connectivity index (χ4v) is 5.43. The van der Waals surface area contributed by atoms with E-state index in [-0.39, 0.29) is 29.6 Å². The number of nitrogens with one attached hydrogen (secondary N) is 2. The Morgan fingerprint density at radius 1 is 1.23 bits per heavy atom. The van der Waals surface area contributed by atoms with Crippen molar-refractivity contribution >= 4 is 26.8 Å². The largest absolute Gasteiger partial charge is 0.361 e. The standard InChI is InChI=1S/C15H17N3O3S/c19-15-17-13-8-22(20,21)9-14(13)18(15)6-5-10-7-16-12-4-2-1-3-11(10)12/h1-4,7,13-14,16H,5-6,8-9H2,(H,17,19)/t13-,14+/m1/s1. The van der Waals surface area contributed by atoms with Crippen LogP contribution in [0.1, 0.15) is 5.56 Å². The fraction of sp³-hybridized carbons (Fsp3) is 0.400. The zero-order valence-electron chi connectivity index (χ0n) is 12.0. The van der Waals surface area contributed by atoms with E-state index in [9.17, 15) is 13.2 Å². The second-order valence-corrected chi connectivity index (χ2v) is 8.16. The molecule has 0 saturated carbocycles. The molecule has 3 heterocycles. The number of carbonyl (C=O) groups excluding carboxylic acids is 1. The van der Waals surface area contributed by atoms with Crippen molar-refractivity contribution in [2.45, 2.75) is 18.5 Å². The van der Waals surface area contributed by atoms with Crippen molar-refractivity contribution in [2.75, 3.05) is 18.1 Å². The van der Waals surface area contributed by atoms with Crippen LogP contribution < -0.4 is 5.32 Å². The van der Waals surface area contributed by atoms with Gasteiger partial charge in [0.1, 0.15) is 0 Å². The van der Waals surface area contributed by atoms with Gasteiger partial charge in [0.05, 0.1) is 23.6 Å². The highest BCUT2D eigenvalue weighted by Crippen LogP contribution is 2.25. The Kier molecular flexibility index (Phi) is 2.94. The van der Waals surface area contributed by atoms with Gasteiger partial charge >= 0.3 is 6.03 Å². The van der Waals surface area contributed by atoms with E-state index in [1.165, 1.54) is 0 Å². The third-order valence-corrected chi connectivity index (χ3v) is 6.31. The number of H-pyrrole nitrogens is 1. The van der Waals surface area contributed by atoms with Crippen LogP contribution in [0.5, 0.6) is 0 Å². The van der Waals surface area contributed by atoms with Crippen molar-refractivity contribution in [3.05, 3.63) is 36.0 Å². The van der Waals surface area contributed by atoms with Crippen LogP contribution in [0.4, 0.5) is 4.79 Å². The van der Waals surface area contributed by atoms with Crippen LogP contribution in [0.15, 0.2) is 30.5 Å². The minimum absolute atomic E-state index is 0.0625. The molecule has 0 bridgehead atoms. The van der Waals surface area contributed by atoms with E-state index < -0.39 is 9.84 Å². The molecule has 4 rings (SSSR count). The van der Waals surface area contributed by atoms with E-state index in [2.05, 4.69) is 10.3 Å². The SMILES string of the molecule is O=C1N[C@@H]2CS(=O)(=O)C[C@@H]2N1CCc1c[nH]c2ccccc12. The van der Waals surface area contributed by atoms with Crippen LogP contribution in [0.25, 0.3) is 10.9 Å². The highest BCUT2D eigenvalue weighted by Gasteiger charge is 2.48. The molecule has 0 radical (unpaired) electrons. The molecule has 7 heteroatoms. The molecule has 6 nitrogen and oxygen atoms in total. The number of aromatic amines is 1. The molecule has 2 aromatic rings. The quantitative estimate of drug-likeness (QED) is 0.825. The molecule has 22 heavy (non-hydrogen) atoms. The number of aromatic nitrogens is 1. The summed E-state index contributed by atoms with van der Waals surface area (Å²) in [6, 6.07) is 7.41. The molecule has 1 aromatic heterocycles. The fourth-order valence-electron chi connectivity index (χ4n) is 3.51. The van der Waals surface area contributed by atoms with Crippen LogP contribution in [0.2, 0.25) is 0 Å². The molecule has 2 N–H and O–H groups in total. The zero-order valence-corrected chi connectivity index (χ0v) is 12.8. The first-order valence-corrected chi connectivity index (χ1v) is 9.18. The number of benzene rings is 1. The van der Waals surface area contributed by atoms with E-state index >= 15 is 0 Å². The lowest BCUT2D eigenvalue weighted by molar-refractivity contribution is 0.207. The Hall–Kier alpha value is -2.02. The van der Waals surface area contributed by atoms with E-state index in [4.69, 9.17) is 0 Å². The van der Waals surface area contributed by atoms with Crippen LogP contribution in [-0.4, -0.2) is 54.5 Å². The molecule has 2 aliphatic heterocycles. The van der Waals surface area contributed by atoms with Crippen molar-refractivity contribution < 1.29 is 13.2 Å². The average Bonchev–Trinajstić information content (AvgIpc) is 3.08. The topological polar surface area (TPSA) is 82.3 Å². The van der Waals surface area contributed by atoms with Gasteiger partial charge in [-0.1, -0.05) is 18.2 Å². The monoisotopic (exact) mass is 319 g/mol. The summed E-state index contributed by atoms with van der Waals surface area (Å²) in [5.74, 6) is 0.136. The van der Waals surface area contributed by atoms with Gasteiger partial charge < -0.3 is 15.2 Å². The third-order valence-electron chi connectivity index (χ3n) is 4.59. The number of hydrogen-bond acceptors (Lipinski definition) is 3. The van der Waals surface area contributed by atoms with Crippen LogP contribution >= 0.6 is 0 Å². The van der Waals surface area contributed by atoms with E-state index in [1.807, 2.05) is 30.5 Å². The molecule has 0 unspecified atom stereocenters. The summed E-state index contributed by atoms with van der Waals surface area (Å²) >= 11 is 0. The number of para-hydroxylation sites is 1. The van der Waals surface area contributed by atoms with Crippen molar-refractivity contribution in [1.29, 1.82) is 0 Å². The predicted molar refractivity (Wildman–Crippen MR) is 83.5 cm³/mol. The molecule has 2 aliphatic rings. The molecule has 2 fully saturated rings. The van der Waals surface area contributed by atoms with E-state index in [0.29, 0.717) is 13.0 Å². The van der Waals surface area contributed by atoms with Gasteiger partial charge in [-0.3, -0.25) is 0 Å². The Balaban J connectivity index is 1.53. The number of rotatable bonds is 3. The number of sulfone groups is 1. The number of amides is 2. The second kappa shape index (κ2) is 4.74. The molecule has 0 aliphatic carbocycles. The van der Waals surface area contributed by atoms with Crippen molar-refractivity contribution in [2.24, 2.45) is 0 Å². The van der Waals surface area contributed by atoms with Gasteiger partial charge in [-0.05, 0) is 18.1 Å². The van der Waals surface area contributed by atoms with Gasteiger partial charge in [-0.25, -0.2) is 13.2 Å². The number of fused-ring (bicyclic) bond motifs is 2. The molecule has 2 saturated heterocycles. The number of nitrogens with zero attached hydrogens (tertiary/aromatic N) is 1. The van der Waals surface area contributed by atoms with Crippen LogP contribution in [0.3, 0.4) is 0 Å². The first-order chi connectivity index (χ1) is 10.5. The lowest BCUT2D eigenvalue weighted by atomic mass is 10.1. The summed E-state index contributed by atoms with van der Waals surface area (Å²) < 4.78 is 23.4. The van der Waals surface area contributed by atoms with E-state index in [0.717, 1.165) is 16.5 Å². The van der Waals surface area contributed by atoms with Gasteiger partial charge in [-0.15, -0.1) is 0 Å². The molecule has 1 aromatic carbocycles. The maximum Gasteiger partial charge on any atom is 0.318 e. The van der Waals surface area contributed by atoms with Crippen molar-refractivity contribution in [3.63, 3.8) is 0 Å². The highest BCUT2D eigenvalue weighted by atomic mass is 32.2. The minimum atomic E-state index is -3.03. The van der Waals surface area contributed by atoms with Gasteiger partial charge in [0.15, 0.2) is 9.84 Å². The summed E-state index contributed by atoms with van der Waals surface area (Å²) in [5.41, 5.74) is 2.22. The van der Waals surface area contributed by atoms with E-state index in [1.54, 1.807) is 4.90 Å².